The molecule has 0 N–H and O–H groups in total. The zero-order valence-electron chi connectivity index (χ0n) is 15.4. The van der Waals surface area contributed by atoms with E-state index in [0.29, 0.717) is 6.54 Å². The molecule has 0 unspecified atom stereocenters. The predicted molar refractivity (Wildman–Crippen MR) is 96.8 cm³/mol. The fraction of sp³-hybridized carbons (Fsp3) is 0.526. The first-order chi connectivity index (χ1) is 12.0. The van der Waals surface area contributed by atoms with Crippen molar-refractivity contribution in [2.45, 2.75) is 37.8 Å². The lowest BCUT2D eigenvalue weighted by Gasteiger charge is -2.52. The second kappa shape index (κ2) is 7.35. The minimum absolute atomic E-state index is 0.203. The zero-order chi connectivity index (χ0) is 17.9. The summed E-state index contributed by atoms with van der Waals surface area (Å²) in [5.41, 5.74) is 0.689. The molecule has 134 valence electrons. The van der Waals surface area contributed by atoms with E-state index in [1.165, 1.54) is 0 Å². The highest BCUT2D eigenvalue weighted by Crippen LogP contribution is 2.38. The highest BCUT2D eigenvalue weighted by atomic mass is 16.2. The van der Waals surface area contributed by atoms with E-state index in [2.05, 4.69) is 14.9 Å². The molecule has 2 aromatic heterocycles. The Morgan fingerprint density at radius 1 is 1.28 bits per heavy atom. The van der Waals surface area contributed by atoms with Crippen molar-refractivity contribution < 1.29 is 4.79 Å². The molecule has 3 heterocycles. The number of pyridine rings is 1. The molecule has 1 fully saturated rings. The normalized spacial score (nSPS) is 20.3. The Bertz CT molecular complexity index is 712. The Morgan fingerprint density at radius 3 is 2.68 bits per heavy atom. The van der Waals surface area contributed by atoms with E-state index in [1.54, 1.807) is 4.90 Å². The van der Waals surface area contributed by atoms with Gasteiger partial charge in [0.25, 0.3) is 0 Å². The molecule has 1 aliphatic rings. The number of amides is 1. The number of aryl methyl sites for hydroxylation is 2. The summed E-state index contributed by atoms with van der Waals surface area (Å²) in [6.45, 7) is 1.66. The molecule has 0 radical (unpaired) electrons. The molecule has 0 aliphatic carbocycles. The molecule has 1 aliphatic heterocycles. The third-order valence-corrected chi connectivity index (χ3v) is 5.21. The molecule has 1 saturated heterocycles. The average molecular weight is 341 g/mol. The molecule has 0 aromatic carbocycles. The monoisotopic (exact) mass is 341 g/mol. The van der Waals surface area contributed by atoms with Gasteiger partial charge in [-0.25, -0.2) is 4.98 Å². The molecule has 1 atom stereocenters. The molecule has 0 saturated carbocycles. The predicted octanol–water partition coefficient (Wildman–Crippen LogP) is 1.87. The summed E-state index contributed by atoms with van der Waals surface area (Å²) in [5.74, 6) is 1.20. The Labute approximate surface area is 149 Å². The number of carbonyl (C=O) groups excluding carboxylic acids is 1. The summed E-state index contributed by atoms with van der Waals surface area (Å²) in [4.78, 5) is 25.8. The fourth-order valence-corrected chi connectivity index (χ4v) is 3.65. The fourth-order valence-electron chi connectivity index (χ4n) is 3.65. The third kappa shape index (κ3) is 3.58. The molecule has 0 spiro atoms. The first-order valence-electron chi connectivity index (χ1n) is 8.86. The van der Waals surface area contributed by atoms with Gasteiger partial charge < -0.3 is 9.47 Å². The van der Waals surface area contributed by atoms with Crippen LogP contribution in [0.1, 0.15) is 30.8 Å². The van der Waals surface area contributed by atoms with Gasteiger partial charge in [0.1, 0.15) is 11.4 Å². The maximum absolute atomic E-state index is 13.0. The first-order valence-corrected chi connectivity index (χ1v) is 8.86. The lowest BCUT2D eigenvalue weighted by molar-refractivity contribution is -0.154. The average Bonchev–Trinajstić information content (AvgIpc) is 3.01. The van der Waals surface area contributed by atoms with E-state index in [0.717, 1.165) is 43.7 Å². The lowest BCUT2D eigenvalue weighted by Crippen LogP contribution is -2.66. The van der Waals surface area contributed by atoms with Gasteiger partial charge in [-0.3, -0.25) is 14.7 Å². The van der Waals surface area contributed by atoms with Crippen LogP contribution in [-0.4, -0.2) is 56.4 Å². The quantitative estimate of drug-likeness (QED) is 0.771. The molecule has 0 bridgehead atoms. The van der Waals surface area contributed by atoms with Gasteiger partial charge in [-0.15, -0.1) is 0 Å². The van der Waals surface area contributed by atoms with Crippen molar-refractivity contribution in [1.29, 1.82) is 0 Å². The number of rotatable bonds is 7. The maximum Gasteiger partial charge on any atom is 0.242 e. The number of hydrogen-bond acceptors (Lipinski definition) is 4. The Kier molecular flexibility index (Phi) is 5.18. The summed E-state index contributed by atoms with van der Waals surface area (Å²) in [5, 5.41) is 0. The first kappa shape index (κ1) is 17.6. The summed E-state index contributed by atoms with van der Waals surface area (Å²) in [7, 11) is 5.69. The molecule has 1 amide bonds. The lowest BCUT2D eigenvalue weighted by atomic mass is 9.78. The van der Waals surface area contributed by atoms with Gasteiger partial charge >= 0.3 is 0 Å². The molecule has 2 aromatic rings. The molecule has 25 heavy (non-hydrogen) atoms. The van der Waals surface area contributed by atoms with Crippen molar-refractivity contribution in [1.82, 2.24) is 24.3 Å². The Morgan fingerprint density at radius 2 is 2.12 bits per heavy atom. The summed E-state index contributed by atoms with van der Waals surface area (Å²) >= 11 is 0. The summed E-state index contributed by atoms with van der Waals surface area (Å²) in [6, 6.07) is 5.99. The Hall–Kier alpha value is -2.21. The molecule has 3 rings (SSSR count). The number of nitrogens with zero attached hydrogens (tertiary/aromatic N) is 5. The van der Waals surface area contributed by atoms with Crippen molar-refractivity contribution in [2.24, 2.45) is 7.05 Å². The molecular formula is C19H27N5O. The van der Waals surface area contributed by atoms with Crippen molar-refractivity contribution in [2.75, 3.05) is 20.6 Å². The van der Waals surface area contributed by atoms with Gasteiger partial charge in [-0.2, -0.15) is 0 Å². The van der Waals surface area contributed by atoms with Crippen LogP contribution < -0.4 is 0 Å². The number of aromatic nitrogens is 3. The van der Waals surface area contributed by atoms with Gasteiger partial charge in [0.2, 0.25) is 5.91 Å². The smallest absolute Gasteiger partial charge is 0.242 e. The zero-order valence-corrected chi connectivity index (χ0v) is 15.4. The summed E-state index contributed by atoms with van der Waals surface area (Å²) in [6.07, 6.45) is 9.21. The number of likely N-dealkylation sites (N-methyl/N-ethyl adjacent to an activating group) is 1. The molecular weight excluding hydrogens is 314 g/mol. The van der Waals surface area contributed by atoms with Gasteiger partial charge in [0, 0.05) is 52.0 Å². The van der Waals surface area contributed by atoms with Crippen LogP contribution in [-0.2, 0) is 24.8 Å². The number of likely N-dealkylation sites (tertiary alicyclic amines) is 1. The number of hydrogen-bond donors (Lipinski definition) is 0. The van der Waals surface area contributed by atoms with Crippen LogP contribution in [0.2, 0.25) is 0 Å². The van der Waals surface area contributed by atoms with E-state index in [9.17, 15) is 4.79 Å². The van der Waals surface area contributed by atoms with Crippen LogP contribution >= 0.6 is 0 Å². The second-order valence-electron chi connectivity index (χ2n) is 7.03. The van der Waals surface area contributed by atoms with Gasteiger partial charge in [-0.05, 0) is 37.8 Å². The molecule has 6 heteroatoms. The Balaban J connectivity index is 1.70. The van der Waals surface area contributed by atoms with Gasteiger partial charge in [-0.1, -0.05) is 6.07 Å². The molecule has 6 nitrogen and oxygen atoms in total. The second-order valence-corrected chi connectivity index (χ2v) is 7.03. The highest BCUT2D eigenvalue weighted by molar-refractivity contribution is 5.87. The van der Waals surface area contributed by atoms with Crippen LogP contribution in [0, 0.1) is 0 Å². The van der Waals surface area contributed by atoms with E-state index in [-0.39, 0.29) is 5.91 Å². The van der Waals surface area contributed by atoms with Gasteiger partial charge in [0.15, 0.2) is 0 Å². The highest BCUT2D eigenvalue weighted by Gasteiger charge is 2.51. The largest absolute Gasteiger partial charge is 0.347 e. The van der Waals surface area contributed by atoms with E-state index < -0.39 is 5.54 Å². The van der Waals surface area contributed by atoms with Crippen LogP contribution in [0.3, 0.4) is 0 Å². The maximum atomic E-state index is 13.0. The topological polar surface area (TPSA) is 54.3 Å². The third-order valence-electron chi connectivity index (χ3n) is 5.21. The van der Waals surface area contributed by atoms with Gasteiger partial charge in [0.05, 0.1) is 6.54 Å². The van der Waals surface area contributed by atoms with Crippen LogP contribution in [0.25, 0.3) is 0 Å². The van der Waals surface area contributed by atoms with Crippen LogP contribution in [0.4, 0.5) is 0 Å². The number of imidazole rings is 1. The van der Waals surface area contributed by atoms with E-state index in [4.69, 9.17) is 0 Å². The van der Waals surface area contributed by atoms with Crippen molar-refractivity contribution in [3.63, 3.8) is 0 Å². The van der Waals surface area contributed by atoms with Crippen molar-refractivity contribution in [3.8, 4) is 0 Å². The van der Waals surface area contributed by atoms with E-state index in [1.807, 2.05) is 62.5 Å². The van der Waals surface area contributed by atoms with E-state index >= 15 is 0 Å². The van der Waals surface area contributed by atoms with Crippen molar-refractivity contribution >= 4 is 5.91 Å². The SMILES string of the molecule is CN(C)C(=O)[C@@]1(CCCc2ccccn2)CCN1Cc1nccn1C. The standard InChI is InChI=1S/C19H27N5O/c1-22(2)18(25)19(9-6-8-16-7-4-5-11-20-16)10-13-24(19)15-17-21-12-14-23(17)3/h4-5,7,11-12,14H,6,8-10,13,15H2,1-3H3/t19-/m1/s1. The number of carbonyl (C=O) groups is 1. The minimum atomic E-state index is -0.399. The van der Waals surface area contributed by atoms with Crippen LogP contribution in [0.15, 0.2) is 36.8 Å². The summed E-state index contributed by atoms with van der Waals surface area (Å²) < 4.78 is 2.02. The van der Waals surface area contributed by atoms with Crippen LogP contribution in [0.5, 0.6) is 0 Å². The minimum Gasteiger partial charge on any atom is -0.347 e. The van der Waals surface area contributed by atoms with Crippen molar-refractivity contribution in [3.05, 3.63) is 48.3 Å².